The number of aryl methyl sites for hydroxylation is 2. The monoisotopic (exact) mass is 391 g/mol. The van der Waals surface area contributed by atoms with Crippen molar-refractivity contribution >= 4 is 16.9 Å². The molecule has 1 fully saturated rings. The van der Waals surface area contributed by atoms with Gasteiger partial charge in [-0.05, 0) is 50.3 Å². The molecule has 150 valence electrons. The van der Waals surface area contributed by atoms with Gasteiger partial charge in [-0.3, -0.25) is 4.79 Å². The summed E-state index contributed by atoms with van der Waals surface area (Å²) in [6.45, 7) is 3.82. The molecule has 2 aromatic heterocycles. The summed E-state index contributed by atoms with van der Waals surface area (Å²) in [7, 11) is 0. The van der Waals surface area contributed by atoms with Crippen molar-refractivity contribution in [1.82, 2.24) is 24.8 Å². The molecule has 7 heteroatoms. The number of H-pyrrole nitrogens is 1. The number of para-hydroxylation sites is 2. The second-order valence-corrected chi connectivity index (χ2v) is 8.18. The van der Waals surface area contributed by atoms with Crippen LogP contribution in [0, 0.1) is 6.92 Å². The molecule has 1 spiro atoms. The van der Waals surface area contributed by atoms with Crippen LogP contribution in [-0.4, -0.2) is 50.4 Å². The molecule has 3 aromatic rings. The molecule has 1 aliphatic carbocycles. The predicted octanol–water partition coefficient (Wildman–Crippen LogP) is 2.68. The van der Waals surface area contributed by atoms with Gasteiger partial charge in [-0.2, -0.15) is 0 Å². The second kappa shape index (κ2) is 7.22. The number of likely N-dealkylation sites (tertiary alicyclic amines) is 1. The van der Waals surface area contributed by atoms with Crippen LogP contribution in [0.4, 0.5) is 0 Å². The Morgan fingerprint density at radius 1 is 1.28 bits per heavy atom. The molecule has 5 rings (SSSR count). The first-order chi connectivity index (χ1) is 14.1. The zero-order chi connectivity index (χ0) is 19.8. The molecule has 0 saturated carbocycles. The molecule has 7 nitrogen and oxygen atoms in total. The van der Waals surface area contributed by atoms with E-state index in [1.54, 1.807) is 0 Å². The Balaban J connectivity index is 1.22. The van der Waals surface area contributed by atoms with Crippen LogP contribution in [0.3, 0.4) is 0 Å². The fourth-order valence-electron chi connectivity index (χ4n) is 4.77. The minimum absolute atomic E-state index is 0.0182. The molecular formula is C22H25N5O2. The maximum Gasteiger partial charge on any atom is 0.248 e. The Morgan fingerprint density at radius 2 is 2.17 bits per heavy atom. The lowest BCUT2D eigenvalue weighted by Gasteiger charge is -2.40. The number of aromatic nitrogens is 4. The van der Waals surface area contributed by atoms with E-state index >= 15 is 0 Å². The molecule has 0 bridgehead atoms. The van der Waals surface area contributed by atoms with Gasteiger partial charge >= 0.3 is 0 Å². The average molecular weight is 391 g/mol. The Hall–Kier alpha value is -2.80. The molecule has 1 saturated heterocycles. The SMILES string of the molecule is Cc1ncc2c(n1)C1(CCCN(C(=O)COCc3nc4ccccc4[nH]3)C1)CC2. The van der Waals surface area contributed by atoms with E-state index in [0.29, 0.717) is 6.61 Å². The summed E-state index contributed by atoms with van der Waals surface area (Å²) in [6.07, 6.45) is 6.09. The largest absolute Gasteiger partial charge is 0.364 e. The number of nitrogens with zero attached hydrogens (tertiary/aromatic N) is 4. The number of carbonyl (C=O) groups is 1. The van der Waals surface area contributed by atoms with Crippen LogP contribution >= 0.6 is 0 Å². The maximum absolute atomic E-state index is 12.8. The van der Waals surface area contributed by atoms with Gasteiger partial charge in [0.05, 0.1) is 16.7 Å². The third-order valence-electron chi connectivity index (χ3n) is 6.19. The number of carbonyl (C=O) groups excluding carboxylic acids is 1. The molecule has 0 radical (unpaired) electrons. The van der Waals surface area contributed by atoms with Gasteiger partial charge in [0.15, 0.2) is 0 Å². The third kappa shape index (κ3) is 3.40. The van der Waals surface area contributed by atoms with Crippen molar-refractivity contribution in [2.24, 2.45) is 0 Å². The van der Waals surface area contributed by atoms with Gasteiger partial charge in [-0.25, -0.2) is 15.0 Å². The predicted molar refractivity (Wildman–Crippen MR) is 108 cm³/mol. The van der Waals surface area contributed by atoms with Crippen LogP contribution < -0.4 is 0 Å². The van der Waals surface area contributed by atoms with Gasteiger partial charge in [-0.15, -0.1) is 0 Å². The highest BCUT2D eigenvalue weighted by atomic mass is 16.5. The number of hydrogen-bond acceptors (Lipinski definition) is 5. The highest BCUT2D eigenvalue weighted by molar-refractivity contribution is 5.78. The van der Waals surface area contributed by atoms with E-state index in [1.165, 1.54) is 5.56 Å². The van der Waals surface area contributed by atoms with Gasteiger partial charge in [0.2, 0.25) is 5.91 Å². The molecule has 1 atom stereocenters. The fourth-order valence-corrected chi connectivity index (χ4v) is 4.77. The van der Waals surface area contributed by atoms with E-state index in [1.807, 2.05) is 42.3 Å². The first kappa shape index (κ1) is 18.2. The Bertz CT molecular complexity index is 1030. The number of fused-ring (bicyclic) bond motifs is 3. The zero-order valence-electron chi connectivity index (χ0n) is 16.6. The standard InChI is InChI=1S/C22H25N5O2/c1-15-23-11-16-7-9-22(21(16)24-15)8-4-10-27(14-22)20(28)13-29-12-19-25-17-5-2-3-6-18(17)26-19/h2-3,5-6,11H,4,7-10,12-14H2,1H3,(H,25,26). The molecule has 1 amide bonds. The summed E-state index contributed by atoms with van der Waals surface area (Å²) in [6, 6.07) is 7.86. The Morgan fingerprint density at radius 3 is 3.07 bits per heavy atom. The van der Waals surface area contributed by atoms with E-state index in [2.05, 4.69) is 15.0 Å². The fraction of sp³-hybridized carbons (Fsp3) is 0.455. The molecule has 1 aliphatic heterocycles. The number of imidazole rings is 1. The summed E-state index contributed by atoms with van der Waals surface area (Å²) >= 11 is 0. The van der Waals surface area contributed by atoms with E-state index < -0.39 is 0 Å². The minimum atomic E-state index is -0.0182. The van der Waals surface area contributed by atoms with Crippen LogP contribution in [0.25, 0.3) is 11.0 Å². The lowest BCUT2D eigenvalue weighted by molar-refractivity contribution is -0.139. The van der Waals surface area contributed by atoms with Crippen LogP contribution in [0.15, 0.2) is 30.5 Å². The second-order valence-electron chi connectivity index (χ2n) is 8.18. The quantitative estimate of drug-likeness (QED) is 0.739. The van der Waals surface area contributed by atoms with Crippen molar-refractivity contribution in [2.75, 3.05) is 19.7 Å². The van der Waals surface area contributed by atoms with E-state index in [9.17, 15) is 4.79 Å². The zero-order valence-corrected chi connectivity index (χ0v) is 16.6. The number of rotatable bonds is 4. The molecule has 1 unspecified atom stereocenters. The summed E-state index contributed by atoms with van der Waals surface area (Å²) in [5.41, 5.74) is 4.27. The Labute approximate surface area is 169 Å². The van der Waals surface area contributed by atoms with Crippen molar-refractivity contribution in [3.8, 4) is 0 Å². The van der Waals surface area contributed by atoms with E-state index in [0.717, 1.165) is 67.1 Å². The number of amides is 1. The van der Waals surface area contributed by atoms with Crippen molar-refractivity contribution in [3.05, 3.63) is 53.4 Å². The molecule has 1 aromatic carbocycles. The number of aromatic amines is 1. The number of benzene rings is 1. The van der Waals surface area contributed by atoms with Crippen molar-refractivity contribution in [1.29, 1.82) is 0 Å². The van der Waals surface area contributed by atoms with Crippen molar-refractivity contribution < 1.29 is 9.53 Å². The molecule has 3 heterocycles. The van der Waals surface area contributed by atoms with Crippen molar-refractivity contribution in [2.45, 2.75) is 44.6 Å². The number of ether oxygens (including phenoxy) is 1. The highest BCUT2D eigenvalue weighted by Crippen LogP contribution is 2.43. The number of nitrogens with one attached hydrogen (secondary N) is 1. The van der Waals surface area contributed by atoms with Gasteiger partial charge in [0, 0.05) is 24.7 Å². The molecule has 1 N–H and O–H groups in total. The minimum Gasteiger partial charge on any atom is -0.364 e. The van der Waals surface area contributed by atoms with Crippen LogP contribution in [0.5, 0.6) is 0 Å². The normalized spacial score (nSPS) is 21.1. The van der Waals surface area contributed by atoms with Gasteiger partial charge in [0.25, 0.3) is 0 Å². The lowest BCUT2D eigenvalue weighted by atomic mass is 9.77. The molecular weight excluding hydrogens is 366 g/mol. The first-order valence-electron chi connectivity index (χ1n) is 10.3. The summed E-state index contributed by atoms with van der Waals surface area (Å²) in [4.78, 5) is 31.6. The Kier molecular flexibility index (Phi) is 4.54. The van der Waals surface area contributed by atoms with Gasteiger partial charge in [-0.1, -0.05) is 12.1 Å². The van der Waals surface area contributed by atoms with Crippen LogP contribution in [0.2, 0.25) is 0 Å². The van der Waals surface area contributed by atoms with Crippen molar-refractivity contribution in [3.63, 3.8) is 0 Å². The topological polar surface area (TPSA) is 84.0 Å². The summed E-state index contributed by atoms with van der Waals surface area (Å²) in [5, 5.41) is 0. The summed E-state index contributed by atoms with van der Waals surface area (Å²) < 4.78 is 5.69. The molecule has 2 aliphatic rings. The van der Waals surface area contributed by atoms with Gasteiger partial charge < -0.3 is 14.6 Å². The third-order valence-corrected chi connectivity index (χ3v) is 6.19. The number of piperidine rings is 1. The van der Waals surface area contributed by atoms with E-state index in [4.69, 9.17) is 9.72 Å². The highest BCUT2D eigenvalue weighted by Gasteiger charge is 2.44. The maximum atomic E-state index is 12.8. The lowest BCUT2D eigenvalue weighted by Crippen LogP contribution is -2.49. The first-order valence-corrected chi connectivity index (χ1v) is 10.3. The summed E-state index contributed by atoms with van der Waals surface area (Å²) in [5.74, 6) is 1.59. The number of hydrogen-bond donors (Lipinski definition) is 1. The van der Waals surface area contributed by atoms with E-state index in [-0.39, 0.29) is 17.9 Å². The smallest absolute Gasteiger partial charge is 0.248 e. The average Bonchev–Trinajstić information content (AvgIpc) is 3.29. The molecule has 29 heavy (non-hydrogen) atoms. The van der Waals surface area contributed by atoms with Crippen LogP contribution in [0.1, 0.15) is 42.2 Å². The van der Waals surface area contributed by atoms with Gasteiger partial charge in [0.1, 0.15) is 24.9 Å². The van der Waals surface area contributed by atoms with Crippen LogP contribution in [-0.2, 0) is 28.0 Å².